The van der Waals surface area contributed by atoms with Gasteiger partial charge in [0.05, 0.1) is 11.3 Å². The van der Waals surface area contributed by atoms with Gasteiger partial charge in [-0.3, -0.25) is 4.79 Å². The van der Waals surface area contributed by atoms with Gasteiger partial charge in [-0.05, 0) is 36.5 Å². The lowest BCUT2D eigenvalue weighted by molar-refractivity contribution is -0.127. The van der Waals surface area contributed by atoms with Gasteiger partial charge in [0.15, 0.2) is 5.84 Å². The molecule has 0 bridgehead atoms. The molecule has 1 fully saturated rings. The zero-order chi connectivity index (χ0) is 18.1. The molecule has 0 radical (unpaired) electrons. The van der Waals surface area contributed by atoms with Crippen LogP contribution in [0.15, 0.2) is 58.7 Å². The first-order chi connectivity index (χ1) is 12.5. The molecule has 0 aliphatic carbocycles. The predicted octanol–water partition coefficient (Wildman–Crippen LogP) is 1.89. The van der Waals surface area contributed by atoms with E-state index in [1.165, 1.54) is 5.56 Å². The third kappa shape index (κ3) is 3.31. The summed E-state index contributed by atoms with van der Waals surface area (Å²) in [4.78, 5) is 16.5. The summed E-state index contributed by atoms with van der Waals surface area (Å²) in [5.41, 5.74) is 1.68. The van der Waals surface area contributed by atoms with Crippen LogP contribution < -0.4 is 0 Å². The van der Waals surface area contributed by atoms with E-state index < -0.39 is 10.0 Å². The smallest absolute Gasteiger partial charge is 0.257 e. The first-order valence-electron chi connectivity index (χ1n) is 8.86. The Hall–Kier alpha value is -2.41. The quantitative estimate of drug-likeness (QED) is 0.796. The summed E-state index contributed by atoms with van der Waals surface area (Å²) in [5, 5.41) is 0. The van der Waals surface area contributed by atoms with Crippen molar-refractivity contribution in [3.05, 3.63) is 59.8 Å². The number of amidine groups is 1. The highest BCUT2D eigenvalue weighted by Gasteiger charge is 2.33. The van der Waals surface area contributed by atoms with Crippen molar-refractivity contribution < 1.29 is 13.2 Å². The van der Waals surface area contributed by atoms with Crippen molar-refractivity contribution in [1.29, 1.82) is 0 Å². The van der Waals surface area contributed by atoms with E-state index in [1.54, 1.807) is 23.3 Å². The van der Waals surface area contributed by atoms with Crippen molar-refractivity contribution >= 4 is 21.8 Å². The Kier molecular flexibility index (Phi) is 4.40. The summed E-state index contributed by atoms with van der Waals surface area (Å²) in [6, 6.07) is 10.4. The van der Waals surface area contributed by atoms with E-state index >= 15 is 0 Å². The molecule has 1 aromatic rings. The van der Waals surface area contributed by atoms with Crippen LogP contribution in [-0.2, 0) is 14.8 Å². The lowest BCUT2D eigenvalue weighted by atomic mass is 9.89. The van der Waals surface area contributed by atoms with Gasteiger partial charge in [-0.1, -0.05) is 30.3 Å². The maximum Gasteiger partial charge on any atom is 0.257 e. The van der Waals surface area contributed by atoms with E-state index in [-0.39, 0.29) is 17.5 Å². The molecule has 0 saturated carbocycles. The molecule has 3 aliphatic heterocycles. The summed E-state index contributed by atoms with van der Waals surface area (Å²) in [5.74, 6) is 0.560. The van der Waals surface area contributed by atoms with Gasteiger partial charge >= 0.3 is 0 Å². The predicted molar refractivity (Wildman–Crippen MR) is 100 cm³/mol. The summed E-state index contributed by atoms with van der Waals surface area (Å²) >= 11 is 0. The van der Waals surface area contributed by atoms with Crippen molar-refractivity contribution in [2.75, 3.05) is 25.4 Å². The largest absolute Gasteiger partial charge is 0.338 e. The highest BCUT2D eigenvalue weighted by atomic mass is 32.2. The Bertz CT molecular complexity index is 895. The van der Waals surface area contributed by atoms with E-state index in [4.69, 9.17) is 0 Å². The Morgan fingerprint density at radius 1 is 1.08 bits per heavy atom. The Morgan fingerprint density at radius 3 is 2.54 bits per heavy atom. The standard InChI is InChI=1S/C19H21N3O3S/c23-19(17-7-4-10-21-13-14-26(24,25)20-18(17)21)22-11-8-16(9-12-22)15-5-2-1-3-6-15/h1-7,10,16H,8-9,11-14H2. The Morgan fingerprint density at radius 2 is 1.81 bits per heavy atom. The zero-order valence-corrected chi connectivity index (χ0v) is 15.2. The molecule has 0 unspecified atom stereocenters. The van der Waals surface area contributed by atoms with E-state index in [9.17, 15) is 13.2 Å². The maximum absolute atomic E-state index is 13.0. The second-order valence-corrected chi connectivity index (χ2v) is 8.55. The summed E-state index contributed by atoms with van der Waals surface area (Å²) in [7, 11) is -3.49. The minimum Gasteiger partial charge on any atom is -0.338 e. The SMILES string of the molecule is O=C(C1=CC=CN2CCS(=O)(=O)N=C12)N1CCC(c2ccccc2)CC1. The molecule has 0 N–H and O–H groups in total. The topological polar surface area (TPSA) is 70.0 Å². The highest BCUT2D eigenvalue weighted by molar-refractivity contribution is 7.90. The number of carbonyl (C=O) groups is 1. The van der Waals surface area contributed by atoms with Crippen molar-refractivity contribution in [3.8, 4) is 0 Å². The number of fused-ring (bicyclic) bond motifs is 1. The van der Waals surface area contributed by atoms with Gasteiger partial charge in [-0.2, -0.15) is 0 Å². The second-order valence-electron chi connectivity index (χ2n) is 6.79. The van der Waals surface area contributed by atoms with Crippen LogP contribution in [0.3, 0.4) is 0 Å². The number of likely N-dealkylation sites (tertiary alicyclic amines) is 1. The van der Waals surface area contributed by atoms with Crippen LogP contribution in [-0.4, -0.2) is 55.3 Å². The lowest BCUT2D eigenvalue weighted by Crippen LogP contribution is -2.45. The van der Waals surface area contributed by atoms with Crippen molar-refractivity contribution in [3.63, 3.8) is 0 Å². The highest BCUT2D eigenvalue weighted by Crippen LogP contribution is 2.29. The lowest BCUT2D eigenvalue weighted by Gasteiger charge is -2.35. The van der Waals surface area contributed by atoms with E-state index in [2.05, 4.69) is 16.5 Å². The fourth-order valence-corrected chi connectivity index (χ4v) is 4.68. The molecule has 0 aromatic heterocycles. The van der Waals surface area contributed by atoms with E-state index in [1.807, 2.05) is 23.1 Å². The number of carbonyl (C=O) groups excluding carboxylic acids is 1. The molecule has 1 amide bonds. The van der Waals surface area contributed by atoms with Crippen molar-refractivity contribution in [2.45, 2.75) is 18.8 Å². The molecule has 0 atom stereocenters. The fraction of sp³-hybridized carbons (Fsp3) is 0.368. The normalized spacial score (nSPS) is 22.5. The summed E-state index contributed by atoms with van der Waals surface area (Å²) in [6.45, 7) is 1.66. The molecule has 6 nitrogen and oxygen atoms in total. The van der Waals surface area contributed by atoms with Crippen LogP contribution in [0.2, 0.25) is 0 Å². The van der Waals surface area contributed by atoms with Crippen LogP contribution in [0.1, 0.15) is 24.3 Å². The van der Waals surface area contributed by atoms with Gasteiger partial charge in [0.25, 0.3) is 15.9 Å². The number of hydrogen-bond donors (Lipinski definition) is 0. The van der Waals surface area contributed by atoms with Gasteiger partial charge in [-0.15, -0.1) is 4.40 Å². The Labute approximate surface area is 153 Å². The monoisotopic (exact) mass is 371 g/mol. The molecule has 7 heteroatoms. The third-order valence-electron chi connectivity index (χ3n) is 5.14. The molecule has 136 valence electrons. The Balaban J connectivity index is 1.49. The van der Waals surface area contributed by atoms with E-state index in [0.717, 1.165) is 12.8 Å². The molecule has 1 aromatic carbocycles. The number of allylic oxidation sites excluding steroid dienone is 2. The van der Waals surface area contributed by atoms with Gasteiger partial charge in [0.2, 0.25) is 0 Å². The van der Waals surface area contributed by atoms with Gasteiger partial charge in [0, 0.05) is 25.8 Å². The fourth-order valence-electron chi connectivity index (χ4n) is 3.69. The number of hydrogen-bond acceptors (Lipinski definition) is 4. The third-order valence-corrected chi connectivity index (χ3v) is 6.29. The molecule has 3 heterocycles. The number of sulfonamides is 1. The molecular weight excluding hydrogens is 350 g/mol. The number of rotatable bonds is 2. The number of piperidine rings is 1. The molecule has 3 aliphatic rings. The summed E-state index contributed by atoms with van der Waals surface area (Å²) < 4.78 is 27.6. The summed E-state index contributed by atoms with van der Waals surface area (Å²) in [6.07, 6.45) is 7.04. The molecule has 0 spiro atoms. The number of amides is 1. The van der Waals surface area contributed by atoms with Crippen molar-refractivity contribution in [2.24, 2.45) is 4.40 Å². The first-order valence-corrected chi connectivity index (χ1v) is 10.5. The van der Waals surface area contributed by atoms with Crippen LogP contribution in [0.5, 0.6) is 0 Å². The minimum atomic E-state index is -3.49. The van der Waals surface area contributed by atoms with Crippen LogP contribution in [0.25, 0.3) is 0 Å². The average molecular weight is 371 g/mol. The maximum atomic E-state index is 13.0. The van der Waals surface area contributed by atoms with Gasteiger partial charge < -0.3 is 9.80 Å². The molecule has 4 rings (SSSR count). The molecule has 26 heavy (non-hydrogen) atoms. The van der Waals surface area contributed by atoms with Crippen LogP contribution >= 0.6 is 0 Å². The second kappa shape index (κ2) is 6.72. The number of nitrogens with zero attached hydrogens (tertiary/aromatic N) is 3. The average Bonchev–Trinajstić information content (AvgIpc) is 2.67. The zero-order valence-electron chi connectivity index (χ0n) is 14.4. The van der Waals surface area contributed by atoms with Crippen LogP contribution in [0.4, 0.5) is 0 Å². The molecular formula is C19H21N3O3S. The van der Waals surface area contributed by atoms with Gasteiger partial charge in [-0.25, -0.2) is 8.42 Å². The molecule has 1 saturated heterocycles. The van der Waals surface area contributed by atoms with Crippen LogP contribution in [0, 0.1) is 0 Å². The minimum absolute atomic E-state index is 0.0230. The van der Waals surface area contributed by atoms with Crippen molar-refractivity contribution in [1.82, 2.24) is 9.80 Å². The van der Waals surface area contributed by atoms with Gasteiger partial charge in [0.1, 0.15) is 0 Å². The number of benzene rings is 1. The van der Waals surface area contributed by atoms with E-state index in [0.29, 0.717) is 31.1 Å². The first kappa shape index (κ1) is 17.0.